The largest absolute Gasteiger partial charge is 0.325 e. The highest BCUT2D eigenvalue weighted by Crippen LogP contribution is 2.37. The van der Waals surface area contributed by atoms with E-state index in [1.165, 1.54) is 12.8 Å². The van der Waals surface area contributed by atoms with Crippen LogP contribution in [0.3, 0.4) is 0 Å². The van der Waals surface area contributed by atoms with Crippen LogP contribution in [0.5, 0.6) is 0 Å². The summed E-state index contributed by atoms with van der Waals surface area (Å²) in [5, 5.41) is 0. The molecule has 2 unspecified atom stereocenters. The van der Waals surface area contributed by atoms with Crippen LogP contribution in [0.25, 0.3) is 0 Å². The molecule has 1 saturated carbocycles. The fourth-order valence-electron chi connectivity index (χ4n) is 1.86. The van der Waals surface area contributed by atoms with Crippen molar-refractivity contribution in [3.63, 3.8) is 0 Å². The lowest BCUT2D eigenvalue weighted by Gasteiger charge is -2.30. The molecule has 1 aliphatic rings. The van der Waals surface area contributed by atoms with Gasteiger partial charge in [-0.1, -0.05) is 12.8 Å². The fraction of sp³-hybridized carbons (Fsp3) is 1.00. The average Bonchev–Trinajstić information content (AvgIpc) is 2.37. The van der Waals surface area contributed by atoms with Gasteiger partial charge in [0.2, 0.25) is 0 Å². The average molecular weight is 159 g/mol. The Kier molecular flexibility index (Phi) is 2.53. The van der Waals surface area contributed by atoms with Crippen molar-refractivity contribution in [2.24, 2.45) is 11.7 Å². The number of nitrogens with two attached hydrogens (primary N) is 1. The third kappa shape index (κ3) is 1.73. The molecule has 0 heterocycles. The predicted octanol–water partition coefficient (Wildman–Crippen LogP) is 2.25. The Hall–Kier alpha value is -0.110. The highest BCUT2D eigenvalue weighted by Gasteiger charge is 2.38. The van der Waals surface area contributed by atoms with Crippen LogP contribution < -0.4 is 5.73 Å². The first-order valence-electron chi connectivity index (χ1n) is 4.49. The van der Waals surface area contributed by atoms with Gasteiger partial charge in [0.15, 0.2) is 0 Å². The summed E-state index contributed by atoms with van der Waals surface area (Å²) in [6.45, 7) is 3.41. The van der Waals surface area contributed by atoms with Crippen molar-refractivity contribution >= 4 is 0 Å². The van der Waals surface area contributed by atoms with Crippen LogP contribution in [0.15, 0.2) is 0 Å². The van der Waals surface area contributed by atoms with Crippen LogP contribution in [0.2, 0.25) is 0 Å². The lowest BCUT2D eigenvalue weighted by Crippen LogP contribution is -2.44. The minimum absolute atomic E-state index is 0.211. The van der Waals surface area contributed by atoms with E-state index in [0.717, 1.165) is 12.8 Å². The zero-order valence-electron chi connectivity index (χ0n) is 7.44. The Morgan fingerprint density at radius 2 is 1.91 bits per heavy atom. The Balaban J connectivity index is 2.55. The van der Waals surface area contributed by atoms with E-state index in [1.54, 1.807) is 13.8 Å². The molecule has 1 aliphatic carbocycles. The van der Waals surface area contributed by atoms with Gasteiger partial charge in [0.25, 0.3) is 0 Å². The monoisotopic (exact) mass is 159 g/mol. The molecule has 2 heteroatoms. The quantitative estimate of drug-likeness (QED) is 0.657. The Morgan fingerprint density at radius 1 is 1.45 bits per heavy atom. The van der Waals surface area contributed by atoms with Gasteiger partial charge in [-0.05, 0) is 32.6 Å². The Bertz CT molecular complexity index is 126. The molecule has 66 valence electrons. The van der Waals surface area contributed by atoms with Crippen LogP contribution in [-0.4, -0.2) is 11.7 Å². The molecule has 1 nitrogen and oxygen atoms in total. The zero-order valence-corrected chi connectivity index (χ0v) is 7.44. The summed E-state index contributed by atoms with van der Waals surface area (Å²) >= 11 is 0. The molecular formula is C9H18FN. The summed E-state index contributed by atoms with van der Waals surface area (Å²) in [6, 6.07) is -0.328. The number of hydrogen-bond donors (Lipinski definition) is 1. The summed E-state index contributed by atoms with van der Waals surface area (Å²) in [5.74, 6) is 0.211. The standard InChI is InChI=1S/C9H18FN/c1-7(11)9(2,10)8-5-3-4-6-8/h7-8H,3-6,11H2,1-2H3. The molecular weight excluding hydrogens is 141 g/mol. The second-order valence-corrected chi connectivity index (χ2v) is 3.92. The number of hydrogen-bond acceptors (Lipinski definition) is 1. The number of halogens is 1. The molecule has 0 aromatic carbocycles. The molecule has 0 aromatic rings. The minimum Gasteiger partial charge on any atom is -0.325 e. The molecule has 11 heavy (non-hydrogen) atoms. The van der Waals surface area contributed by atoms with Crippen LogP contribution in [0.1, 0.15) is 39.5 Å². The fourth-order valence-corrected chi connectivity index (χ4v) is 1.86. The van der Waals surface area contributed by atoms with Crippen molar-refractivity contribution in [2.45, 2.75) is 51.2 Å². The highest BCUT2D eigenvalue weighted by atomic mass is 19.1. The zero-order chi connectivity index (χ0) is 8.48. The van der Waals surface area contributed by atoms with Crippen molar-refractivity contribution in [3.05, 3.63) is 0 Å². The van der Waals surface area contributed by atoms with E-state index in [0.29, 0.717) is 0 Å². The third-order valence-corrected chi connectivity index (χ3v) is 3.04. The smallest absolute Gasteiger partial charge is 0.125 e. The summed E-state index contributed by atoms with van der Waals surface area (Å²) < 4.78 is 13.8. The van der Waals surface area contributed by atoms with E-state index in [1.807, 2.05) is 0 Å². The van der Waals surface area contributed by atoms with Gasteiger partial charge in [-0.3, -0.25) is 0 Å². The summed E-state index contributed by atoms with van der Waals surface area (Å²) in [6.07, 6.45) is 4.40. The third-order valence-electron chi connectivity index (χ3n) is 3.04. The van der Waals surface area contributed by atoms with Gasteiger partial charge in [-0.25, -0.2) is 4.39 Å². The number of alkyl halides is 1. The summed E-state index contributed by atoms with van der Waals surface area (Å²) in [7, 11) is 0. The molecule has 0 aromatic heterocycles. The lowest BCUT2D eigenvalue weighted by molar-refractivity contribution is 0.0802. The van der Waals surface area contributed by atoms with E-state index >= 15 is 0 Å². The van der Waals surface area contributed by atoms with Gasteiger partial charge >= 0.3 is 0 Å². The minimum atomic E-state index is -1.14. The second-order valence-electron chi connectivity index (χ2n) is 3.92. The molecule has 2 atom stereocenters. The van der Waals surface area contributed by atoms with E-state index in [2.05, 4.69) is 0 Å². The highest BCUT2D eigenvalue weighted by molar-refractivity contribution is 4.91. The molecule has 0 bridgehead atoms. The second kappa shape index (κ2) is 3.10. The maximum absolute atomic E-state index is 13.8. The van der Waals surface area contributed by atoms with Gasteiger partial charge < -0.3 is 5.73 Å². The van der Waals surface area contributed by atoms with Crippen molar-refractivity contribution in [2.75, 3.05) is 0 Å². The van der Waals surface area contributed by atoms with Crippen LogP contribution in [0, 0.1) is 5.92 Å². The first kappa shape index (κ1) is 8.98. The molecule has 2 N–H and O–H groups in total. The lowest BCUT2D eigenvalue weighted by atomic mass is 9.84. The van der Waals surface area contributed by atoms with Gasteiger partial charge in [-0.2, -0.15) is 0 Å². The molecule has 0 spiro atoms. The predicted molar refractivity (Wildman–Crippen MR) is 45.1 cm³/mol. The Labute approximate surface area is 68.2 Å². The van der Waals surface area contributed by atoms with E-state index in [4.69, 9.17) is 5.73 Å². The molecule has 0 radical (unpaired) electrons. The Morgan fingerprint density at radius 3 is 2.27 bits per heavy atom. The molecule has 1 rings (SSSR count). The van der Waals surface area contributed by atoms with Crippen molar-refractivity contribution in [3.8, 4) is 0 Å². The normalized spacial score (nSPS) is 28.4. The van der Waals surface area contributed by atoms with Crippen LogP contribution >= 0.6 is 0 Å². The van der Waals surface area contributed by atoms with Crippen molar-refractivity contribution < 1.29 is 4.39 Å². The molecule has 0 amide bonds. The first-order valence-corrected chi connectivity index (χ1v) is 4.49. The van der Waals surface area contributed by atoms with Crippen LogP contribution in [0.4, 0.5) is 4.39 Å². The van der Waals surface area contributed by atoms with E-state index < -0.39 is 5.67 Å². The topological polar surface area (TPSA) is 26.0 Å². The van der Waals surface area contributed by atoms with E-state index in [-0.39, 0.29) is 12.0 Å². The summed E-state index contributed by atoms with van der Waals surface area (Å²) in [4.78, 5) is 0. The van der Waals surface area contributed by atoms with Gasteiger partial charge in [0.05, 0.1) is 0 Å². The van der Waals surface area contributed by atoms with Crippen molar-refractivity contribution in [1.82, 2.24) is 0 Å². The van der Waals surface area contributed by atoms with Gasteiger partial charge in [0.1, 0.15) is 5.67 Å². The van der Waals surface area contributed by atoms with Gasteiger partial charge in [-0.15, -0.1) is 0 Å². The molecule has 0 saturated heterocycles. The van der Waals surface area contributed by atoms with E-state index in [9.17, 15) is 4.39 Å². The number of rotatable bonds is 2. The maximum atomic E-state index is 13.8. The van der Waals surface area contributed by atoms with Gasteiger partial charge in [0, 0.05) is 6.04 Å². The first-order chi connectivity index (χ1) is 5.05. The SMILES string of the molecule is CC(N)C(C)(F)C1CCCC1. The summed E-state index contributed by atoms with van der Waals surface area (Å²) in [5.41, 5.74) is 4.43. The maximum Gasteiger partial charge on any atom is 0.125 e. The van der Waals surface area contributed by atoms with Crippen molar-refractivity contribution in [1.29, 1.82) is 0 Å². The molecule has 1 fully saturated rings. The van der Waals surface area contributed by atoms with Crippen LogP contribution in [-0.2, 0) is 0 Å². The molecule has 0 aliphatic heterocycles.